The topological polar surface area (TPSA) is 86.1 Å². The number of rotatable bonds is 7. The molecule has 2 aromatic carbocycles. The number of ether oxygens (including phenoxy) is 1. The third-order valence-corrected chi connectivity index (χ3v) is 5.12. The van der Waals surface area contributed by atoms with Crippen molar-refractivity contribution in [3.63, 3.8) is 0 Å². The van der Waals surface area contributed by atoms with Gasteiger partial charge in [-0.25, -0.2) is 0 Å². The number of nitrogens with zero attached hydrogens (tertiary/aromatic N) is 3. The summed E-state index contributed by atoms with van der Waals surface area (Å²) in [6, 6.07) is 14.5. The maximum absolute atomic E-state index is 12.3. The van der Waals surface area contributed by atoms with Crippen LogP contribution in [0.1, 0.15) is 17.3 Å². The molecule has 0 bridgehead atoms. The predicted molar refractivity (Wildman–Crippen MR) is 109 cm³/mol. The first-order valence-electron chi connectivity index (χ1n) is 8.56. The second kappa shape index (κ2) is 8.71. The molecule has 0 saturated carbocycles. The number of hydrogen-bond acceptors (Lipinski definition) is 6. The number of Topliss-reactive ketones (excluding diaryl/α,β-unsaturated/α-hetero) is 1. The Morgan fingerprint density at radius 2 is 1.82 bits per heavy atom. The third kappa shape index (κ3) is 4.23. The van der Waals surface area contributed by atoms with E-state index >= 15 is 0 Å². The number of methoxy groups -OCH3 is 1. The highest BCUT2D eigenvalue weighted by Crippen LogP contribution is 2.30. The lowest BCUT2D eigenvalue weighted by molar-refractivity contribution is -0.113. The summed E-state index contributed by atoms with van der Waals surface area (Å²) >= 11 is 1.27. The molecule has 0 fully saturated rings. The first-order chi connectivity index (χ1) is 13.5. The van der Waals surface area contributed by atoms with Crippen LogP contribution in [0.15, 0.2) is 53.7 Å². The van der Waals surface area contributed by atoms with Gasteiger partial charge in [0.25, 0.3) is 0 Å². The van der Waals surface area contributed by atoms with Crippen molar-refractivity contribution in [2.75, 3.05) is 18.2 Å². The largest absolute Gasteiger partial charge is 0.496 e. The van der Waals surface area contributed by atoms with E-state index < -0.39 is 0 Å². The van der Waals surface area contributed by atoms with Gasteiger partial charge in [-0.15, -0.1) is 10.2 Å². The Bertz CT molecular complexity index is 1020. The van der Waals surface area contributed by atoms with Crippen molar-refractivity contribution in [3.05, 3.63) is 54.1 Å². The zero-order chi connectivity index (χ0) is 20.1. The van der Waals surface area contributed by atoms with E-state index in [2.05, 4.69) is 15.5 Å². The minimum atomic E-state index is -0.222. The first kappa shape index (κ1) is 19.6. The number of ketones is 1. The molecule has 1 N–H and O–H groups in total. The number of aromatic nitrogens is 3. The van der Waals surface area contributed by atoms with Crippen molar-refractivity contribution in [2.24, 2.45) is 7.05 Å². The molecule has 0 atom stereocenters. The molecule has 0 aliphatic rings. The molecular weight excluding hydrogens is 376 g/mol. The molecule has 28 heavy (non-hydrogen) atoms. The van der Waals surface area contributed by atoms with Crippen LogP contribution < -0.4 is 10.1 Å². The summed E-state index contributed by atoms with van der Waals surface area (Å²) in [5.74, 6) is 1.18. The first-order valence-corrected chi connectivity index (χ1v) is 9.55. The zero-order valence-corrected chi connectivity index (χ0v) is 16.6. The fourth-order valence-electron chi connectivity index (χ4n) is 2.72. The standard InChI is InChI=1S/C20H20N4O3S/c1-13(25)14-8-4-6-10-16(14)21-18(26)12-28-20-23-22-19(24(20)2)15-9-5-7-11-17(15)27-3/h4-11H,12H2,1-3H3,(H,21,26). The summed E-state index contributed by atoms with van der Waals surface area (Å²) in [5, 5.41) is 11.8. The number of thioether (sulfide) groups is 1. The summed E-state index contributed by atoms with van der Waals surface area (Å²) in [6.45, 7) is 1.47. The van der Waals surface area contributed by atoms with Crippen LogP contribution in [0.5, 0.6) is 5.75 Å². The SMILES string of the molecule is COc1ccccc1-c1nnc(SCC(=O)Nc2ccccc2C(C)=O)n1C. The zero-order valence-electron chi connectivity index (χ0n) is 15.8. The molecule has 0 radical (unpaired) electrons. The van der Waals surface area contributed by atoms with E-state index in [-0.39, 0.29) is 17.4 Å². The van der Waals surface area contributed by atoms with Gasteiger partial charge in [0.2, 0.25) is 5.91 Å². The predicted octanol–water partition coefficient (Wildman–Crippen LogP) is 3.42. The molecule has 3 rings (SSSR count). The van der Waals surface area contributed by atoms with E-state index in [1.807, 2.05) is 35.9 Å². The van der Waals surface area contributed by atoms with Crippen LogP contribution in [0, 0.1) is 0 Å². The second-order valence-electron chi connectivity index (χ2n) is 6.00. The quantitative estimate of drug-likeness (QED) is 0.486. The molecule has 1 amide bonds. The minimum absolute atomic E-state index is 0.0988. The Morgan fingerprint density at radius 1 is 1.11 bits per heavy atom. The fourth-order valence-corrected chi connectivity index (χ4v) is 3.43. The second-order valence-corrected chi connectivity index (χ2v) is 6.95. The Morgan fingerprint density at radius 3 is 2.57 bits per heavy atom. The molecule has 1 heterocycles. The summed E-state index contributed by atoms with van der Waals surface area (Å²) in [4.78, 5) is 24.0. The number of carbonyl (C=O) groups is 2. The maximum Gasteiger partial charge on any atom is 0.234 e. The average Bonchev–Trinajstić information content (AvgIpc) is 3.06. The number of anilines is 1. The number of benzene rings is 2. The maximum atomic E-state index is 12.3. The molecule has 3 aromatic rings. The Kier molecular flexibility index (Phi) is 6.10. The molecule has 0 aliphatic heterocycles. The normalized spacial score (nSPS) is 10.5. The molecule has 144 valence electrons. The van der Waals surface area contributed by atoms with Gasteiger partial charge in [0.15, 0.2) is 16.8 Å². The van der Waals surface area contributed by atoms with Crippen molar-refractivity contribution in [2.45, 2.75) is 12.1 Å². The van der Waals surface area contributed by atoms with Gasteiger partial charge in [-0.05, 0) is 31.2 Å². The number of amides is 1. The molecule has 0 saturated heterocycles. The van der Waals surface area contributed by atoms with E-state index in [0.717, 1.165) is 5.56 Å². The summed E-state index contributed by atoms with van der Waals surface area (Å²) in [5.41, 5.74) is 1.82. The van der Waals surface area contributed by atoms with Gasteiger partial charge in [0, 0.05) is 12.6 Å². The monoisotopic (exact) mass is 396 g/mol. The molecule has 0 spiro atoms. The minimum Gasteiger partial charge on any atom is -0.496 e. The van der Waals surface area contributed by atoms with Crippen molar-refractivity contribution in [1.82, 2.24) is 14.8 Å². The summed E-state index contributed by atoms with van der Waals surface area (Å²) in [6.07, 6.45) is 0. The lowest BCUT2D eigenvalue weighted by Gasteiger charge is -2.09. The smallest absolute Gasteiger partial charge is 0.234 e. The van der Waals surface area contributed by atoms with Gasteiger partial charge in [-0.1, -0.05) is 36.0 Å². The van der Waals surface area contributed by atoms with Crippen LogP contribution in [0.25, 0.3) is 11.4 Å². The average molecular weight is 396 g/mol. The molecule has 7 nitrogen and oxygen atoms in total. The number of nitrogens with one attached hydrogen (secondary N) is 1. The van der Waals surface area contributed by atoms with Crippen LogP contribution in [-0.2, 0) is 11.8 Å². The van der Waals surface area contributed by atoms with Crippen LogP contribution in [0.2, 0.25) is 0 Å². The molecule has 1 aromatic heterocycles. The molecule has 0 unspecified atom stereocenters. The van der Waals surface area contributed by atoms with Gasteiger partial charge in [-0.3, -0.25) is 9.59 Å². The fraction of sp³-hybridized carbons (Fsp3) is 0.200. The van der Waals surface area contributed by atoms with Gasteiger partial charge in [0.05, 0.1) is 24.1 Å². The number of hydrogen-bond donors (Lipinski definition) is 1. The summed E-state index contributed by atoms with van der Waals surface area (Å²) in [7, 11) is 3.45. The van der Waals surface area contributed by atoms with Crippen LogP contribution in [0.3, 0.4) is 0 Å². The van der Waals surface area contributed by atoms with Crippen molar-refractivity contribution in [1.29, 1.82) is 0 Å². The summed E-state index contributed by atoms with van der Waals surface area (Å²) < 4.78 is 7.20. The third-order valence-electron chi connectivity index (χ3n) is 4.10. The van der Waals surface area contributed by atoms with E-state index in [0.29, 0.717) is 28.0 Å². The Hall–Kier alpha value is -3.13. The Balaban J connectivity index is 1.70. The van der Waals surface area contributed by atoms with E-state index in [9.17, 15) is 9.59 Å². The molecule has 8 heteroatoms. The van der Waals surface area contributed by atoms with Crippen LogP contribution >= 0.6 is 11.8 Å². The lowest BCUT2D eigenvalue weighted by atomic mass is 10.1. The number of carbonyl (C=O) groups excluding carboxylic acids is 2. The van der Waals surface area contributed by atoms with Gasteiger partial charge < -0.3 is 14.6 Å². The highest BCUT2D eigenvalue weighted by atomic mass is 32.2. The lowest BCUT2D eigenvalue weighted by Crippen LogP contribution is -2.16. The van der Waals surface area contributed by atoms with Gasteiger partial charge in [-0.2, -0.15) is 0 Å². The van der Waals surface area contributed by atoms with Crippen LogP contribution in [0.4, 0.5) is 5.69 Å². The van der Waals surface area contributed by atoms with Crippen LogP contribution in [-0.4, -0.2) is 39.3 Å². The van der Waals surface area contributed by atoms with Crippen molar-refractivity contribution in [3.8, 4) is 17.1 Å². The van der Waals surface area contributed by atoms with Crippen molar-refractivity contribution >= 4 is 29.1 Å². The van der Waals surface area contributed by atoms with Gasteiger partial charge >= 0.3 is 0 Å². The molecule has 0 aliphatic carbocycles. The van der Waals surface area contributed by atoms with E-state index in [1.54, 1.807) is 31.4 Å². The van der Waals surface area contributed by atoms with Gasteiger partial charge in [0.1, 0.15) is 5.75 Å². The number of para-hydroxylation sites is 2. The van der Waals surface area contributed by atoms with Crippen molar-refractivity contribution < 1.29 is 14.3 Å². The molecular formula is C20H20N4O3S. The Labute approximate surface area is 167 Å². The van der Waals surface area contributed by atoms with E-state index in [1.165, 1.54) is 18.7 Å². The highest BCUT2D eigenvalue weighted by Gasteiger charge is 2.16. The van der Waals surface area contributed by atoms with E-state index in [4.69, 9.17) is 4.74 Å². The highest BCUT2D eigenvalue weighted by molar-refractivity contribution is 7.99.